The molecule has 2 amide bonds. The van der Waals surface area contributed by atoms with Gasteiger partial charge in [-0.25, -0.2) is 0 Å². The molecule has 0 atom stereocenters. The third-order valence-corrected chi connectivity index (χ3v) is 4.15. The van der Waals surface area contributed by atoms with E-state index in [1.54, 1.807) is 42.5 Å². The van der Waals surface area contributed by atoms with Crippen molar-refractivity contribution in [3.63, 3.8) is 0 Å². The molecule has 3 N–H and O–H groups in total. The average molecular weight is 380 g/mol. The fraction of sp³-hybridized carbons (Fsp3) is 0.222. The number of halogens is 2. The number of carbonyl (C=O) groups excluding carboxylic acids is 2. The second-order valence-electron chi connectivity index (χ2n) is 5.73. The predicted octanol–water partition coefficient (Wildman–Crippen LogP) is 4.64. The van der Waals surface area contributed by atoms with E-state index in [1.807, 2.05) is 13.8 Å². The van der Waals surface area contributed by atoms with Crippen LogP contribution in [0.3, 0.4) is 0 Å². The molecule has 0 saturated carbocycles. The highest BCUT2D eigenvalue weighted by molar-refractivity contribution is 6.43. The average Bonchev–Trinajstić information content (AvgIpc) is 2.56. The van der Waals surface area contributed by atoms with Crippen LogP contribution in [0.1, 0.15) is 13.8 Å². The molecule has 0 bridgehead atoms. The second-order valence-corrected chi connectivity index (χ2v) is 6.51. The summed E-state index contributed by atoms with van der Waals surface area (Å²) in [6.45, 7) is 3.66. The fourth-order valence-corrected chi connectivity index (χ4v) is 2.35. The monoisotopic (exact) mass is 379 g/mol. The van der Waals surface area contributed by atoms with Gasteiger partial charge < -0.3 is 16.0 Å². The molecule has 5 nitrogen and oxygen atoms in total. The van der Waals surface area contributed by atoms with Crippen LogP contribution in [0, 0.1) is 5.92 Å². The van der Waals surface area contributed by atoms with Crippen LogP contribution < -0.4 is 16.0 Å². The van der Waals surface area contributed by atoms with Crippen LogP contribution in [-0.2, 0) is 9.59 Å². The molecular formula is C18H19Cl2N3O2. The minimum absolute atomic E-state index is 0.0304. The third kappa shape index (κ3) is 5.66. The maximum atomic E-state index is 12.1. The number of rotatable bonds is 6. The van der Waals surface area contributed by atoms with Crippen LogP contribution in [0.5, 0.6) is 0 Å². The number of amides is 2. The van der Waals surface area contributed by atoms with Gasteiger partial charge in [-0.2, -0.15) is 0 Å². The summed E-state index contributed by atoms with van der Waals surface area (Å²) in [5.74, 6) is -0.450. The molecule has 0 saturated heterocycles. The Labute approximate surface area is 156 Å². The standard InChI is InChI=1S/C18H19Cl2N3O2/c1-11(2)18(25)23-13-6-3-5-12(9-13)22-16(24)10-21-15-8-4-7-14(19)17(15)20/h3-9,11,21H,10H2,1-2H3,(H,22,24)(H,23,25). The topological polar surface area (TPSA) is 70.2 Å². The van der Waals surface area contributed by atoms with Gasteiger partial charge in [0, 0.05) is 17.3 Å². The quantitative estimate of drug-likeness (QED) is 0.684. The summed E-state index contributed by atoms with van der Waals surface area (Å²) in [6.07, 6.45) is 0. The molecule has 0 radical (unpaired) electrons. The zero-order valence-electron chi connectivity index (χ0n) is 13.9. The smallest absolute Gasteiger partial charge is 0.243 e. The maximum Gasteiger partial charge on any atom is 0.243 e. The number of hydrogen-bond acceptors (Lipinski definition) is 3. The lowest BCUT2D eigenvalue weighted by Gasteiger charge is -2.11. The van der Waals surface area contributed by atoms with Crippen molar-refractivity contribution < 1.29 is 9.59 Å². The van der Waals surface area contributed by atoms with E-state index in [4.69, 9.17) is 23.2 Å². The first-order chi connectivity index (χ1) is 11.9. The Morgan fingerprint density at radius 1 is 1.00 bits per heavy atom. The Morgan fingerprint density at radius 3 is 2.32 bits per heavy atom. The Hall–Kier alpha value is -2.24. The van der Waals surface area contributed by atoms with E-state index >= 15 is 0 Å². The van der Waals surface area contributed by atoms with Crippen LogP contribution >= 0.6 is 23.2 Å². The lowest BCUT2D eigenvalue weighted by Crippen LogP contribution is -2.22. The van der Waals surface area contributed by atoms with Gasteiger partial charge in [-0.15, -0.1) is 0 Å². The summed E-state index contributed by atoms with van der Waals surface area (Å²) < 4.78 is 0. The molecular weight excluding hydrogens is 361 g/mol. The molecule has 2 aromatic carbocycles. The Kier molecular flexibility index (Phi) is 6.67. The highest BCUT2D eigenvalue weighted by Crippen LogP contribution is 2.29. The SMILES string of the molecule is CC(C)C(=O)Nc1cccc(NC(=O)CNc2cccc(Cl)c2Cl)c1. The molecule has 0 unspecified atom stereocenters. The van der Waals surface area contributed by atoms with Gasteiger partial charge >= 0.3 is 0 Å². The molecule has 0 aliphatic carbocycles. The summed E-state index contributed by atoms with van der Waals surface area (Å²) in [4.78, 5) is 23.8. The highest BCUT2D eigenvalue weighted by atomic mass is 35.5. The van der Waals surface area contributed by atoms with Crippen molar-refractivity contribution in [2.75, 3.05) is 22.5 Å². The number of benzene rings is 2. The van der Waals surface area contributed by atoms with Gasteiger partial charge in [0.15, 0.2) is 0 Å². The second kappa shape index (κ2) is 8.74. The van der Waals surface area contributed by atoms with Gasteiger partial charge in [0.2, 0.25) is 11.8 Å². The van der Waals surface area contributed by atoms with E-state index in [9.17, 15) is 9.59 Å². The van der Waals surface area contributed by atoms with Crippen molar-refractivity contribution in [1.82, 2.24) is 0 Å². The lowest BCUT2D eigenvalue weighted by molar-refractivity contribution is -0.119. The Bertz CT molecular complexity index is 779. The number of hydrogen-bond donors (Lipinski definition) is 3. The molecule has 0 aliphatic heterocycles. The van der Waals surface area contributed by atoms with E-state index in [0.717, 1.165) is 0 Å². The third-order valence-electron chi connectivity index (χ3n) is 3.33. The zero-order valence-corrected chi connectivity index (χ0v) is 15.4. The molecule has 0 aromatic heterocycles. The van der Waals surface area contributed by atoms with Crippen LogP contribution in [0.4, 0.5) is 17.1 Å². The first-order valence-electron chi connectivity index (χ1n) is 7.75. The Morgan fingerprint density at radius 2 is 1.64 bits per heavy atom. The van der Waals surface area contributed by atoms with E-state index in [1.165, 1.54) is 0 Å². The van der Waals surface area contributed by atoms with Crippen molar-refractivity contribution in [2.45, 2.75) is 13.8 Å². The molecule has 0 heterocycles. The molecule has 2 rings (SSSR count). The van der Waals surface area contributed by atoms with Crippen molar-refractivity contribution in [3.05, 3.63) is 52.5 Å². The largest absolute Gasteiger partial charge is 0.375 e. The van der Waals surface area contributed by atoms with Crippen molar-refractivity contribution in [3.8, 4) is 0 Å². The molecule has 25 heavy (non-hydrogen) atoms. The van der Waals surface area contributed by atoms with E-state index < -0.39 is 0 Å². The van der Waals surface area contributed by atoms with Gasteiger partial charge in [-0.1, -0.05) is 49.2 Å². The number of carbonyl (C=O) groups is 2. The van der Waals surface area contributed by atoms with Gasteiger partial charge in [0.05, 0.1) is 22.3 Å². The molecule has 0 fully saturated rings. The first kappa shape index (κ1) is 19.1. The van der Waals surface area contributed by atoms with E-state index in [0.29, 0.717) is 27.1 Å². The van der Waals surface area contributed by atoms with Gasteiger partial charge in [-0.3, -0.25) is 9.59 Å². The molecule has 2 aromatic rings. The predicted molar refractivity (Wildman–Crippen MR) is 103 cm³/mol. The summed E-state index contributed by atoms with van der Waals surface area (Å²) in [5, 5.41) is 9.27. The summed E-state index contributed by atoms with van der Waals surface area (Å²) in [5.41, 5.74) is 1.80. The normalized spacial score (nSPS) is 10.4. The van der Waals surface area contributed by atoms with Crippen LogP contribution in [0.25, 0.3) is 0 Å². The summed E-state index contributed by atoms with van der Waals surface area (Å²) in [7, 11) is 0. The van der Waals surface area contributed by atoms with Gasteiger partial charge in [0.25, 0.3) is 0 Å². The van der Waals surface area contributed by atoms with Crippen LogP contribution in [0.15, 0.2) is 42.5 Å². The van der Waals surface area contributed by atoms with Gasteiger partial charge in [0.1, 0.15) is 0 Å². The van der Waals surface area contributed by atoms with E-state index in [-0.39, 0.29) is 24.3 Å². The Balaban J connectivity index is 1.94. The molecule has 0 aliphatic rings. The number of nitrogens with one attached hydrogen (secondary N) is 3. The fourth-order valence-electron chi connectivity index (χ4n) is 1.98. The molecule has 7 heteroatoms. The minimum atomic E-state index is -0.247. The van der Waals surface area contributed by atoms with Crippen LogP contribution in [0.2, 0.25) is 10.0 Å². The maximum absolute atomic E-state index is 12.1. The van der Waals surface area contributed by atoms with Crippen molar-refractivity contribution in [1.29, 1.82) is 0 Å². The van der Waals surface area contributed by atoms with Gasteiger partial charge in [-0.05, 0) is 30.3 Å². The molecule has 132 valence electrons. The number of anilines is 3. The van der Waals surface area contributed by atoms with E-state index in [2.05, 4.69) is 16.0 Å². The zero-order chi connectivity index (χ0) is 18.4. The summed E-state index contributed by atoms with van der Waals surface area (Å²) >= 11 is 12.0. The first-order valence-corrected chi connectivity index (χ1v) is 8.51. The van der Waals surface area contributed by atoms with Crippen molar-refractivity contribution in [2.24, 2.45) is 5.92 Å². The lowest BCUT2D eigenvalue weighted by atomic mass is 10.2. The van der Waals surface area contributed by atoms with Crippen LogP contribution in [-0.4, -0.2) is 18.4 Å². The molecule has 0 spiro atoms. The highest BCUT2D eigenvalue weighted by Gasteiger charge is 2.09. The summed E-state index contributed by atoms with van der Waals surface area (Å²) in [6, 6.07) is 12.1. The van der Waals surface area contributed by atoms with Crippen molar-refractivity contribution >= 4 is 52.1 Å². The minimum Gasteiger partial charge on any atom is -0.375 e.